The van der Waals surface area contributed by atoms with Crippen LogP contribution >= 0.6 is 0 Å². The Morgan fingerprint density at radius 2 is 1.50 bits per heavy atom. The molecule has 0 unspecified atom stereocenters. The summed E-state index contributed by atoms with van der Waals surface area (Å²) in [5.74, 6) is 1.19. The molecule has 1 aliphatic rings. The first-order valence-electron chi connectivity index (χ1n) is 6.66. The van der Waals surface area contributed by atoms with Crippen LogP contribution in [0.25, 0.3) is 0 Å². The number of nitriles is 1. The van der Waals surface area contributed by atoms with E-state index in [4.69, 9.17) is 0 Å². The average molecular weight is 222 g/mol. The van der Waals surface area contributed by atoms with E-state index >= 15 is 0 Å². The van der Waals surface area contributed by atoms with Gasteiger partial charge in [0.25, 0.3) is 0 Å². The second-order valence-corrected chi connectivity index (χ2v) is 6.03. The molecule has 0 aromatic heterocycles. The molecule has 0 radical (unpaired) electrons. The quantitative estimate of drug-likeness (QED) is 0.712. The van der Waals surface area contributed by atoms with Crippen LogP contribution < -0.4 is 0 Å². The van der Waals surface area contributed by atoms with Crippen molar-refractivity contribution in [1.82, 2.24) is 4.90 Å². The van der Waals surface area contributed by atoms with Gasteiger partial charge >= 0.3 is 0 Å². The molecule has 1 rings (SSSR count). The summed E-state index contributed by atoms with van der Waals surface area (Å²) in [5, 5.41) is 9.64. The van der Waals surface area contributed by atoms with Gasteiger partial charge in [0.2, 0.25) is 0 Å². The minimum absolute atomic E-state index is 0.196. The highest BCUT2D eigenvalue weighted by atomic mass is 15.2. The van der Waals surface area contributed by atoms with Crippen molar-refractivity contribution in [2.45, 2.75) is 58.9 Å². The first-order valence-corrected chi connectivity index (χ1v) is 6.66. The minimum atomic E-state index is -0.196. The van der Waals surface area contributed by atoms with E-state index < -0.39 is 0 Å². The van der Waals surface area contributed by atoms with Crippen molar-refractivity contribution in [2.24, 2.45) is 11.8 Å². The minimum Gasteiger partial charge on any atom is -0.286 e. The molecule has 0 N–H and O–H groups in total. The largest absolute Gasteiger partial charge is 0.286 e. The van der Waals surface area contributed by atoms with Gasteiger partial charge in [-0.2, -0.15) is 5.26 Å². The molecule has 0 atom stereocenters. The van der Waals surface area contributed by atoms with Gasteiger partial charge in [-0.05, 0) is 50.6 Å². The lowest BCUT2D eigenvalue weighted by Gasteiger charge is -2.38. The zero-order valence-corrected chi connectivity index (χ0v) is 11.3. The molecule has 0 aromatic carbocycles. The number of hydrogen-bond acceptors (Lipinski definition) is 2. The summed E-state index contributed by atoms with van der Waals surface area (Å²) in [7, 11) is 0. The van der Waals surface area contributed by atoms with Crippen molar-refractivity contribution in [3.63, 3.8) is 0 Å². The molecular weight excluding hydrogens is 196 g/mol. The van der Waals surface area contributed by atoms with Crippen LogP contribution in [-0.4, -0.2) is 23.5 Å². The maximum atomic E-state index is 9.64. The molecule has 0 saturated carbocycles. The average Bonchev–Trinajstić information content (AvgIpc) is 2.68. The Morgan fingerprint density at radius 3 is 1.81 bits per heavy atom. The van der Waals surface area contributed by atoms with E-state index in [0.717, 1.165) is 25.9 Å². The Morgan fingerprint density at radius 1 is 1.06 bits per heavy atom. The highest BCUT2D eigenvalue weighted by Gasteiger charge is 2.39. The predicted molar refractivity (Wildman–Crippen MR) is 68.1 cm³/mol. The van der Waals surface area contributed by atoms with Gasteiger partial charge in [-0.1, -0.05) is 27.7 Å². The van der Waals surface area contributed by atoms with Crippen LogP contribution in [0.1, 0.15) is 53.4 Å². The molecule has 92 valence electrons. The fourth-order valence-corrected chi connectivity index (χ4v) is 3.00. The summed E-state index contributed by atoms with van der Waals surface area (Å²) in [6.45, 7) is 11.1. The Kier molecular flexibility index (Phi) is 4.80. The van der Waals surface area contributed by atoms with Gasteiger partial charge in [0.05, 0.1) is 6.07 Å². The molecule has 0 aromatic rings. The first kappa shape index (κ1) is 13.5. The first-order chi connectivity index (χ1) is 7.50. The van der Waals surface area contributed by atoms with Crippen LogP contribution in [0.5, 0.6) is 0 Å². The highest BCUT2D eigenvalue weighted by Crippen LogP contribution is 2.33. The monoisotopic (exact) mass is 222 g/mol. The molecule has 0 amide bonds. The van der Waals surface area contributed by atoms with Crippen molar-refractivity contribution in [1.29, 1.82) is 5.26 Å². The van der Waals surface area contributed by atoms with Crippen molar-refractivity contribution in [2.75, 3.05) is 13.1 Å². The Labute approximate surface area is 101 Å². The number of nitrogens with zero attached hydrogens (tertiary/aromatic N) is 2. The van der Waals surface area contributed by atoms with Gasteiger partial charge in [-0.15, -0.1) is 0 Å². The fraction of sp³-hybridized carbons (Fsp3) is 0.929. The van der Waals surface area contributed by atoms with Crippen LogP contribution in [-0.2, 0) is 0 Å². The van der Waals surface area contributed by atoms with E-state index in [-0.39, 0.29) is 5.54 Å². The van der Waals surface area contributed by atoms with Crippen molar-refractivity contribution >= 4 is 0 Å². The highest BCUT2D eigenvalue weighted by molar-refractivity contribution is 5.10. The predicted octanol–water partition coefficient (Wildman–Crippen LogP) is 3.44. The summed E-state index contributed by atoms with van der Waals surface area (Å²) in [4.78, 5) is 2.44. The smallest absolute Gasteiger partial charge is 0.109 e. The van der Waals surface area contributed by atoms with Crippen molar-refractivity contribution in [3.8, 4) is 6.07 Å². The lowest BCUT2D eigenvalue weighted by atomic mass is 9.81. The van der Waals surface area contributed by atoms with Gasteiger partial charge < -0.3 is 0 Å². The summed E-state index contributed by atoms with van der Waals surface area (Å²) < 4.78 is 0. The second kappa shape index (κ2) is 5.68. The summed E-state index contributed by atoms with van der Waals surface area (Å²) in [6.07, 6.45) is 4.56. The molecule has 1 heterocycles. The zero-order chi connectivity index (χ0) is 12.2. The van der Waals surface area contributed by atoms with E-state index in [1.165, 1.54) is 12.8 Å². The third-order valence-electron chi connectivity index (χ3n) is 3.41. The zero-order valence-electron chi connectivity index (χ0n) is 11.3. The lowest BCUT2D eigenvalue weighted by Crippen LogP contribution is -2.48. The Bertz CT molecular complexity index is 234. The van der Waals surface area contributed by atoms with Crippen LogP contribution in [0.15, 0.2) is 0 Å². The molecule has 1 aliphatic heterocycles. The van der Waals surface area contributed by atoms with Gasteiger partial charge in [0, 0.05) is 0 Å². The third-order valence-corrected chi connectivity index (χ3v) is 3.41. The number of rotatable bonds is 5. The third kappa shape index (κ3) is 3.22. The van der Waals surface area contributed by atoms with Gasteiger partial charge in [0.1, 0.15) is 5.54 Å². The lowest BCUT2D eigenvalue weighted by molar-refractivity contribution is 0.121. The van der Waals surface area contributed by atoms with Crippen LogP contribution in [0.4, 0.5) is 0 Å². The molecule has 1 fully saturated rings. The van der Waals surface area contributed by atoms with Gasteiger partial charge in [-0.3, -0.25) is 4.90 Å². The normalized spacial score (nSPS) is 18.3. The van der Waals surface area contributed by atoms with Gasteiger partial charge in [0.15, 0.2) is 0 Å². The van der Waals surface area contributed by atoms with Crippen molar-refractivity contribution in [3.05, 3.63) is 0 Å². The van der Waals surface area contributed by atoms with Gasteiger partial charge in [-0.25, -0.2) is 0 Å². The van der Waals surface area contributed by atoms with E-state index in [1.807, 2.05) is 0 Å². The molecule has 2 heteroatoms. The van der Waals surface area contributed by atoms with Crippen LogP contribution in [0.2, 0.25) is 0 Å². The summed E-state index contributed by atoms with van der Waals surface area (Å²) >= 11 is 0. The number of likely N-dealkylation sites (tertiary alicyclic amines) is 1. The Hall–Kier alpha value is -0.550. The van der Waals surface area contributed by atoms with E-state index in [1.54, 1.807) is 0 Å². The summed E-state index contributed by atoms with van der Waals surface area (Å²) in [6, 6.07) is 2.65. The Balaban J connectivity index is 2.83. The topological polar surface area (TPSA) is 27.0 Å². The maximum Gasteiger partial charge on any atom is 0.109 e. The number of hydrogen-bond donors (Lipinski definition) is 0. The van der Waals surface area contributed by atoms with Crippen molar-refractivity contribution < 1.29 is 0 Å². The molecule has 2 nitrogen and oxygen atoms in total. The SMILES string of the molecule is CC(C)CC(C#N)(CC(C)C)N1CCCC1. The molecular formula is C14H26N2. The molecule has 0 aliphatic carbocycles. The maximum absolute atomic E-state index is 9.64. The van der Waals surface area contributed by atoms with Crippen LogP contribution in [0, 0.1) is 23.2 Å². The fourth-order valence-electron chi connectivity index (χ4n) is 3.00. The van der Waals surface area contributed by atoms with Crippen LogP contribution in [0.3, 0.4) is 0 Å². The molecule has 0 spiro atoms. The second-order valence-electron chi connectivity index (χ2n) is 6.03. The molecule has 1 saturated heterocycles. The molecule has 16 heavy (non-hydrogen) atoms. The van der Waals surface area contributed by atoms with E-state index in [9.17, 15) is 5.26 Å². The standard InChI is InChI=1S/C14H26N2/c1-12(2)9-14(11-15,10-13(3)4)16-7-5-6-8-16/h12-13H,5-10H2,1-4H3. The summed E-state index contributed by atoms with van der Waals surface area (Å²) in [5.41, 5.74) is -0.196. The van der Waals surface area contributed by atoms with E-state index in [2.05, 4.69) is 38.7 Å². The van der Waals surface area contributed by atoms with E-state index in [0.29, 0.717) is 11.8 Å². The molecule has 0 bridgehead atoms.